The van der Waals surface area contributed by atoms with E-state index in [1.165, 1.54) is 5.56 Å². The third kappa shape index (κ3) is 2.44. The van der Waals surface area contributed by atoms with Gasteiger partial charge in [0.05, 0.1) is 25.1 Å². The lowest BCUT2D eigenvalue weighted by molar-refractivity contribution is 0.123. The highest BCUT2D eigenvalue weighted by atomic mass is 16.5. The third-order valence-electron chi connectivity index (χ3n) is 4.09. The Morgan fingerprint density at radius 3 is 2.68 bits per heavy atom. The number of rotatable bonds is 3. The van der Waals surface area contributed by atoms with E-state index in [4.69, 9.17) is 4.74 Å². The first-order valence-electron chi connectivity index (χ1n) is 7.59. The smallest absolute Gasteiger partial charge is 0.164 e. The maximum absolute atomic E-state index is 5.43. The van der Waals surface area contributed by atoms with Crippen LogP contribution in [0.3, 0.4) is 0 Å². The van der Waals surface area contributed by atoms with Crippen molar-refractivity contribution in [2.75, 3.05) is 31.2 Å². The molecular weight excluding hydrogens is 276 g/mol. The number of benzene rings is 1. The SMILES string of the molecule is c1ccc(Cn2ccc3c(N4CCOCC4)cnnc32)cc1. The van der Waals surface area contributed by atoms with Gasteiger partial charge in [0, 0.05) is 31.2 Å². The second kappa shape index (κ2) is 5.77. The Morgan fingerprint density at radius 2 is 1.86 bits per heavy atom. The predicted molar refractivity (Wildman–Crippen MR) is 86.1 cm³/mol. The minimum atomic E-state index is 0.772. The largest absolute Gasteiger partial charge is 0.378 e. The fourth-order valence-electron chi connectivity index (χ4n) is 2.95. The maximum atomic E-state index is 5.43. The van der Waals surface area contributed by atoms with Crippen molar-refractivity contribution in [1.29, 1.82) is 0 Å². The summed E-state index contributed by atoms with van der Waals surface area (Å²) in [4.78, 5) is 2.33. The molecule has 22 heavy (non-hydrogen) atoms. The zero-order valence-electron chi connectivity index (χ0n) is 12.4. The molecule has 1 aromatic carbocycles. The summed E-state index contributed by atoms with van der Waals surface area (Å²) in [5, 5.41) is 9.72. The molecule has 5 nitrogen and oxygen atoms in total. The topological polar surface area (TPSA) is 43.2 Å². The van der Waals surface area contributed by atoms with Crippen LogP contribution in [0.1, 0.15) is 5.56 Å². The van der Waals surface area contributed by atoms with Crippen molar-refractivity contribution >= 4 is 16.7 Å². The first-order chi connectivity index (χ1) is 10.9. The Kier molecular flexibility index (Phi) is 3.48. The highest BCUT2D eigenvalue weighted by Gasteiger charge is 2.16. The van der Waals surface area contributed by atoms with E-state index >= 15 is 0 Å². The summed E-state index contributed by atoms with van der Waals surface area (Å²) in [6.07, 6.45) is 3.96. The van der Waals surface area contributed by atoms with E-state index in [1.807, 2.05) is 12.3 Å². The predicted octanol–water partition coefficient (Wildman–Crippen LogP) is 2.32. The monoisotopic (exact) mass is 294 g/mol. The summed E-state index contributed by atoms with van der Waals surface area (Å²) < 4.78 is 7.59. The fraction of sp³-hybridized carbons (Fsp3) is 0.294. The van der Waals surface area contributed by atoms with Crippen molar-refractivity contribution < 1.29 is 4.74 Å². The van der Waals surface area contributed by atoms with Gasteiger partial charge in [-0.1, -0.05) is 30.3 Å². The third-order valence-corrected chi connectivity index (χ3v) is 4.09. The number of ether oxygens (including phenoxy) is 1. The summed E-state index contributed by atoms with van der Waals surface area (Å²) in [6, 6.07) is 12.6. The van der Waals surface area contributed by atoms with Gasteiger partial charge in [0.15, 0.2) is 5.65 Å². The minimum absolute atomic E-state index is 0.772. The second-order valence-electron chi connectivity index (χ2n) is 5.50. The molecule has 1 aliphatic heterocycles. The molecule has 1 aliphatic rings. The first kappa shape index (κ1) is 13.3. The zero-order chi connectivity index (χ0) is 14.8. The van der Waals surface area contributed by atoms with E-state index in [-0.39, 0.29) is 0 Å². The molecule has 5 heteroatoms. The molecule has 0 bridgehead atoms. The Hall–Kier alpha value is -2.40. The fourth-order valence-corrected chi connectivity index (χ4v) is 2.95. The van der Waals surface area contributed by atoms with E-state index in [0.717, 1.165) is 49.6 Å². The molecule has 0 aliphatic carbocycles. The van der Waals surface area contributed by atoms with Crippen LogP contribution in [-0.4, -0.2) is 41.1 Å². The van der Waals surface area contributed by atoms with Crippen LogP contribution >= 0.6 is 0 Å². The summed E-state index contributed by atoms with van der Waals surface area (Å²) in [5.74, 6) is 0. The van der Waals surface area contributed by atoms with E-state index in [2.05, 4.69) is 56.2 Å². The van der Waals surface area contributed by atoms with E-state index in [0.29, 0.717) is 0 Å². The maximum Gasteiger partial charge on any atom is 0.164 e. The molecule has 112 valence electrons. The van der Waals surface area contributed by atoms with Gasteiger partial charge in [-0.25, -0.2) is 0 Å². The lowest BCUT2D eigenvalue weighted by Gasteiger charge is -2.28. The molecule has 0 spiro atoms. The van der Waals surface area contributed by atoms with Gasteiger partial charge in [0.2, 0.25) is 0 Å². The quantitative estimate of drug-likeness (QED) is 0.743. The normalized spacial score (nSPS) is 15.4. The van der Waals surface area contributed by atoms with Crippen molar-refractivity contribution in [2.24, 2.45) is 0 Å². The van der Waals surface area contributed by atoms with Crippen LogP contribution in [0, 0.1) is 0 Å². The molecule has 0 N–H and O–H groups in total. The molecular formula is C17H18N4O. The molecule has 0 radical (unpaired) electrons. The van der Waals surface area contributed by atoms with Gasteiger partial charge in [-0.15, -0.1) is 5.10 Å². The number of morpholine rings is 1. The van der Waals surface area contributed by atoms with Crippen LogP contribution in [0.4, 0.5) is 5.69 Å². The van der Waals surface area contributed by atoms with Crippen molar-refractivity contribution in [3.05, 3.63) is 54.4 Å². The molecule has 1 fully saturated rings. The van der Waals surface area contributed by atoms with Crippen molar-refractivity contribution in [1.82, 2.24) is 14.8 Å². The van der Waals surface area contributed by atoms with Crippen LogP contribution in [-0.2, 0) is 11.3 Å². The summed E-state index contributed by atoms with van der Waals surface area (Å²) in [5.41, 5.74) is 3.35. The number of anilines is 1. The van der Waals surface area contributed by atoms with Gasteiger partial charge in [-0.05, 0) is 11.6 Å². The van der Waals surface area contributed by atoms with Gasteiger partial charge < -0.3 is 14.2 Å². The van der Waals surface area contributed by atoms with Crippen LogP contribution in [0.25, 0.3) is 11.0 Å². The molecule has 2 aromatic heterocycles. The van der Waals surface area contributed by atoms with Gasteiger partial charge >= 0.3 is 0 Å². The van der Waals surface area contributed by atoms with E-state index in [1.54, 1.807) is 0 Å². The van der Waals surface area contributed by atoms with Crippen molar-refractivity contribution in [3.63, 3.8) is 0 Å². The highest BCUT2D eigenvalue weighted by molar-refractivity contribution is 5.89. The van der Waals surface area contributed by atoms with Crippen LogP contribution in [0.15, 0.2) is 48.8 Å². The standard InChI is InChI=1S/C17H18N4O/c1-2-4-14(5-3-1)13-21-7-6-15-16(12-18-19-17(15)21)20-8-10-22-11-9-20/h1-7,12H,8-11,13H2. The highest BCUT2D eigenvalue weighted by Crippen LogP contribution is 2.26. The summed E-state index contributed by atoms with van der Waals surface area (Å²) >= 11 is 0. The zero-order valence-corrected chi connectivity index (χ0v) is 12.4. The van der Waals surface area contributed by atoms with Crippen LogP contribution < -0.4 is 4.90 Å². The van der Waals surface area contributed by atoms with Crippen molar-refractivity contribution in [2.45, 2.75) is 6.54 Å². The Labute approximate surface area is 129 Å². The molecule has 1 saturated heterocycles. The average molecular weight is 294 g/mol. The Balaban J connectivity index is 1.70. The van der Waals surface area contributed by atoms with E-state index < -0.39 is 0 Å². The average Bonchev–Trinajstić information content (AvgIpc) is 3.00. The summed E-state index contributed by atoms with van der Waals surface area (Å²) in [6.45, 7) is 4.17. The summed E-state index contributed by atoms with van der Waals surface area (Å²) in [7, 11) is 0. The molecule has 4 rings (SSSR count). The van der Waals surface area contributed by atoms with E-state index in [9.17, 15) is 0 Å². The first-order valence-corrected chi connectivity index (χ1v) is 7.59. The molecule has 0 atom stereocenters. The van der Waals surface area contributed by atoms with Gasteiger partial charge in [-0.2, -0.15) is 5.10 Å². The number of hydrogen-bond acceptors (Lipinski definition) is 4. The molecule has 0 saturated carbocycles. The Bertz CT molecular complexity index is 763. The second-order valence-corrected chi connectivity index (χ2v) is 5.50. The van der Waals surface area contributed by atoms with Gasteiger partial charge in [0.25, 0.3) is 0 Å². The molecule has 0 unspecified atom stereocenters. The van der Waals surface area contributed by atoms with Gasteiger partial charge in [-0.3, -0.25) is 0 Å². The van der Waals surface area contributed by atoms with Gasteiger partial charge in [0.1, 0.15) is 0 Å². The number of hydrogen-bond donors (Lipinski definition) is 0. The Morgan fingerprint density at radius 1 is 1.05 bits per heavy atom. The number of aromatic nitrogens is 3. The van der Waals surface area contributed by atoms with Crippen molar-refractivity contribution in [3.8, 4) is 0 Å². The number of fused-ring (bicyclic) bond motifs is 1. The lowest BCUT2D eigenvalue weighted by atomic mass is 10.2. The number of nitrogens with zero attached hydrogens (tertiary/aromatic N) is 4. The molecule has 0 amide bonds. The lowest BCUT2D eigenvalue weighted by Crippen LogP contribution is -2.36. The van der Waals surface area contributed by atoms with Crippen LogP contribution in [0.5, 0.6) is 0 Å². The molecule has 3 heterocycles. The van der Waals surface area contributed by atoms with Crippen LogP contribution in [0.2, 0.25) is 0 Å². The minimum Gasteiger partial charge on any atom is -0.378 e. The molecule has 3 aromatic rings.